The molecule has 1 aliphatic heterocycles. The van der Waals surface area contributed by atoms with Crippen molar-refractivity contribution in [1.29, 1.82) is 0 Å². The molecule has 7 nitrogen and oxygen atoms in total. The van der Waals surface area contributed by atoms with E-state index in [0.29, 0.717) is 24.5 Å². The molecule has 3 aromatic rings. The van der Waals surface area contributed by atoms with Gasteiger partial charge in [-0.05, 0) is 36.2 Å². The number of fused-ring (bicyclic) bond motifs is 3. The lowest BCUT2D eigenvalue weighted by atomic mass is 9.98. The number of benzene rings is 2. The third kappa shape index (κ3) is 3.44. The van der Waals surface area contributed by atoms with Crippen molar-refractivity contribution in [3.63, 3.8) is 0 Å². The van der Waals surface area contributed by atoms with Gasteiger partial charge in [0.15, 0.2) is 0 Å². The van der Waals surface area contributed by atoms with Gasteiger partial charge in [0.2, 0.25) is 0 Å². The third-order valence-electron chi connectivity index (χ3n) is 4.97. The second-order valence-corrected chi connectivity index (χ2v) is 6.61. The van der Waals surface area contributed by atoms with E-state index < -0.39 is 0 Å². The number of hydrogen-bond acceptors (Lipinski definition) is 5. The van der Waals surface area contributed by atoms with E-state index in [-0.39, 0.29) is 11.9 Å². The van der Waals surface area contributed by atoms with E-state index in [1.54, 1.807) is 38.6 Å². The molecule has 2 aromatic carbocycles. The molecule has 1 aliphatic rings. The fourth-order valence-electron chi connectivity index (χ4n) is 3.51. The van der Waals surface area contributed by atoms with E-state index in [9.17, 15) is 4.79 Å². The summed E-state index contributed by atoms with van der Waals surface area (Å²) in [6, 6.07) is 13.2. The first-order chi connectivity index (χ1) is 13.7. The number of H-pyrrole nitrogens is 1. The second-order valence-electron chi connectivity index (χ2n) is 6.61. The Morgan fingerprint density at radius 3 is 2.89 bits per heavy atom. The zero-order valence-electron chi connectivity index (χ0n) is 15.8. The molecule has 0 radical (unpaired) electrons. The van der Waals surface area contributed by atoms with Crippen LogP contribution < -0.4 is 20.2 Å². The summed E-state index contributed by atoms with van der Waals surface area (Å²) >= 11 is 0. The topological polar surface area (TPSA) is 87.7 Å². The van der Waals surface area contributed by atoms with E-state index in [4.69, 9.17) is 9.47 Å². The van der Waals surface area contributed by atoms with Crippen LogP contribution in [0.1, 0.15) is 16.8 Å². The number of amides is 1. The van der Waals surface area contributed by atoms with Gasteiger partial charge in [0.25, 0.3) is 5.91 Å². The molecular weight excluding hydrogens is 356 g/mol. The fraction of sp³-hybridized carbons (Fsp3) is 0.238. The molecule has 7 heteroatoms. The molecule has 1 amide bonds. The fourth-order valence-corrected chi connectivity index (χ4v) is 3.51. The first-order valence-electron chi connectivity index (χ1n) is 9.06. The SMILES string of the molecule is COc1ccc(OC)c(/C=N/NC(=O)[C@@H]2Cc3c([nH]c4ccccc34)CN2)c1. The maximum atomic E-state index is 12.6. The van der Waals surface area contributed by atoms with Crippen LogP contribution in [0.15, 0.2) is 47.6 Å². The van der Waals surface area contributed by atoms with Crippen molar-refractivity contribution in [1.82, 2.24) is 15.7 Å². The maximum Gasteiger partial charge on any atom is 0.257 e. The van der Waals surface area contributed by atoms with Gasteiger partial charge < -0.3 is 14.5 Å². The molecule has 0 saturated carbocycles. The summed E-state index contributed by atoms with van der Waals surface area (Å²) in [5, 5.41) is 8.53. The number of carbonyl (C=O) groups excluding carboxylic acids is 1. The highest BCUT2D eigenvalue weighted by atomic mass is 16.5. The van der Waals surface area contributed by atoms with Crippen molar-refractivity contribution in [2.45, 2.75) is 19.0 Å². The molecule has 28 heavy (non-hydrogen) atoms. The Hall–Kier alpha value is -3.32. The monoisotopic (exact) mass is 378 g/mol. The van der Waals surface area contributed by atoms with Crippen molar-refractivity contribution in [3.05, 3.63) is 59.3 Å². The van der Waals surface area contributed by atoms with E-state index in [1.807, 2.05) is 12.1 Å². The van der Waals surface area contributed by atoms with Crippen LogP contribution in [0.3, 0.4) is 0 Å². The van der Waals surface area contributed by atoms with Gasteiger partial charge in [-0.25, -0.2) is 5.43 Å². The number of aromatic nitrogens is 1. The van der Waals surface area contributed by atoms with Gasteiger partial charge in [-0.3, -0.25) is 10.1 Å². The zero-order valence-corrected chi connectivity index (χ0v) is 15.8. The van der Waals surface area contributed by atoms with Gasteiger partial charge in [-0.2, -0.15) is 5.10 Å². The first-order valence-corrected chi connectivity index (χ1v) is 9.06. The quantitative estimate of drug-likeness (QED) is 0.470. The summed E-state index contributed by atoms with van der Waals surface area (Å²) in [6.45, 7) is 0.621. The lowest BCUT2D eigenvalue weighted by Gasteiger charge is -2.22. The van der Waals surface area contributed by atoms with Gasteiger partial charge >= 0.3 is 0 Å². The Morgan fingerprint density at radius 2 is 2.07 bits per heavy atom. The highest BCUT2D eigenvalue weighted by Crippen LogP contribution is 2.26. The Labute approximate surface area is 162 Å². The van der Waals surface area contributed by atoms with Gasteiger partial charge in [-0.1, -0.05) is 18.2 Å². The van der Waals surface area contributed by atoms with Gasteiger partial charge in [0.1, 0.15) is 11.5 Å². The summed E-state index contributed by atoms with van der Waals surface area (Å²) < 4.78 is 10.5. The van der Waals surface area contributed by atoms with Crippen LogP contribution in [0.25, 0.3) is 10.9 Å². The van der Waals surface area contributed by atoms with Crippen molar-refractivity contribution in [2.75, 3.05) is 14.2 Å². The van der Waals surface area contributed by atoms with Crippen LogP contribution >= 0.6 is 0 Å². The van der Waals surface area contributed by atoms with Crippen LogP contribution in [-0.4, -0.2) is 37.4 Å². The van der Waals surface area contributed by atoms with Crippen LogP contribution in [0.4, 0.5) is 0 Å². The number of nitrogens with zero attached hydrogens (tertiary/aromatic N) is 1. The third-order valence-corrected chi connectivity index (χ3v) is 4.97. The minimum absolute atomic E-state index is 0.172. The minimum atomic E-state index is -0.337. The number of hydrogen-bond donors (Lipinski definition) is 3. The lowest BCUT2D eigenvalue weighted by molar-refractivity contribution is -0.123. The Bertz CT molecular complexity index is 1040. The number of hydrazone groups is 1. The molecule has 0 fully saturated rings. The standard InChI is InChI=1S/C21H22N4O3/c1-27-14-7-8-20(28-2)13(9-14)11-23-25-21(26)18-10-16-15-5-3-4-6-17(15)24-19(16)12-22-18/h3-9,11,18,22,24H,10,12H2,1-2H3,(H,25,26)/b23-11+/t18-/m0/s1. The smallest absolute Gasteiger partial charge is 0.257 e. The minimum Gasteiger partial charge on any atom is -0.497 e. The van der Waals surface area contributed by atoms with E-state index in [1.165, 1.54) is 10.9 Å². The van der Waals surface area contributed by atoms with Crippen LogP contribution in [-0.2, 0) is 17.8 Å². The van der Waals surface area contributed by atoms with Crippen molar-refractivity contribution >= 4 is 23.0 Å². The zero-order chi connectivity index (χ0) is 19.5. The molecule has 4 rings (SSSR count). The summed E-state index contributed by atoms with van der Waals surface area (Å²) in [4.78, 5) is 16.0. The maximum absolute atomic E-state index is 12.6. The lowest BCUT2D eigenvalue weighted by Crippen LogP contribution is -2.46. The second kappa shape index (κ2) is 7.74. The first kappa shape index (κ1) is 18.1. The predicted molar refractivity (Wildman–Crippen MR) is 108 cm³/mol. The highest BCUT2D eigenvalue weighted by molar-refractivity contribution is 5.89. The highest BCUT2D eigenvalue weighted by Gasteiger charge is 2.26. The number of carbonyl (C=O) groups is 1. The van der Waals surface area contributed by atoms with Gasteiger partial charge in [-0.15, -0.1) is 0 Å². The molecule has 1 atom stereocenters. The van der Waals surface area contributed by atoms with Crippen molar-refractivity contribution in [3.8, 4) is 11.5 Å². The predicted octanol–water partition coefficient (Wildman–Crippen LogP) is 2.35. The van der Waals surface area contributed by atoms with Crippen LogP contribution in [0.5, 0.6) is 11.5 Å². The molecule has 1 aromatic heterocycles. The summed E-state index contributed by atoms with van der Waals surface area (Å²) in [7, 11) is 3.18. The summed E-state index contributed by atoms with van der Waals surface area (Å²) in [5.41, 5.74) is 6.76. The molecule has 0 spiro atoms. The molecule has 0 bridgehead atoms. The number of nitrogens with one attached hydrogen (secondary N) is 3. The Morgan fingerprint density at radius 1 is 1.21 bits per heavy atom. The Kier molecular flexibility index (Phi) is 4.99. The number of para-hydroxylation sites is 1. The summed E-state index contributed by atoms with van der Waals surface area (Å²) in [5.74, 6) is 1.17. The van der Waals surface area contributed by atoms with Crippen molar-refractivity contribution < 1.29 is 14.3 Å². The molecule has 0 saturated heterocycles. The van der Waals surface area contributed by atoms with Gasteiger partial charge in [0.05, 0.1) is 26.5 Å². The number of rotatable bonds is 5. The average Bonchev–Trinajstić information content (AvgIpc) is 3.11. The largest absolute Gasteiger partial charge is 0.497 e. The molecule has 3 N–H and O–H groups in total. The van der Waals surface area contributed by atoms with Crippen molar-refractivity contribution in [2.24, 2.45) is 5.10 Å². The Balaban J connectivity index is 1.46. The molecule has 2 heterocycles. The van der Waals surface area contributed by atoms with Gasteiger partial charge in [0, 0.05) is 28.7 Å². The molecular formula is C21H22N4O3. The van der Waals surface area contributed by atoms with E-state index in [2.05, 4.69) is 33.0 Å². The van der Waals surface area contributed by atoms with E-state index >= 15 is 0 Å². The molecule has 0 aliphatic carbocycles. The van der Waals surface area contributed by atoms with Crippen LogP contribution in [0, 0.1) is 0 Å². The molecule has 144 valence electrons. The number of methoxy groups -OCH3 is 2. The van der Waals surface area contributed by atoms with Crippen LogP contribution in [0.2, 0.25) is 0 Å². The van der Waals surface area contributed by atoms with E-state index in [0.717, 1.165) is 16.8 Å². The number of ether oxygens (including phenoxy) is 2. The average molecular weight is 378 g/mol. The normalized spacial score (nSPS) is 16.1. The number of aromatic amines is 1. The summed E-state index contributed by atoms with van der Waals surface area (Å²) in [6.07, 6.45) is 2.17. The molecule has 0 unspecified atom stereocenters.